The maximum atomic E-state index is 11.5. The molecule has 1 N–H and O–H groups in total. The highest BCUT2D eigenvalue weighted by Crippen LogP contribution is 2.12. The Labute approximate surface area is 101 Å². The molecule has 0 atom stereocenters. The van der Waals surface area contributed by atoms with E-state index in [2.05, 4.69) is 5.32 Å². The molecule has 2 rings (SSSR count). The van der Waals surface area contributed by atoms with Gasteiger partial charge in [-0.2, -0.15) is 0 Å². The van der Waals surface area contributed by atoms with Crippen LogP contribution in [0.1, 0.15) is 32.1 Å². The van der Waals surface area contributed by atoms with Crippen LogP contribution in [0.2, 0.25) is 0 Å². The van der Waals surface area contributed by atoms with Crippen LogP contribution < -0.4 is 5.32 Å². The summed E-state index contributed by atoms with van der Waals surface area (Å²) in [6.07, 6.45) is 4.01. The van der Waals surface area contributed by atoms with E-state index in [-0.39, 0.29) is 17.9 Å². The molecule has 0 radical (unpaired) electrons. The minimum atomic E-state index is -0.0461. The summed E-state index contributed by atoms with van der Waals surface area (Å²) in [5.74, 6) is -0.0923. The van der Waals surface area contributed by atoms with E-state index in [0.717, 1.165) is 25.9 Å². The Kier molecular flexibility index (Phi) is 4.50. The molecule has 17 heavy (non-hydrogen) atoms. The number of carbonyl (C=O) groups excluding carboxylic acids is 2. The summed E-state index contributed by atoms with van der Waals surface area (Å²) in [5.41, 5.74) is 0. The van der Waals surface area contributed by atoms with E-state index in [1.807, 2.05) is 0 Å². The standard InChI is InChI=1S/C12H20N2O3/c15-11-2-1-3-12(16)14(11)8-9-17-10-4-6-13-7-5-10/h10,13H,1-9H2. The van der Waals surface area contributed by atoms with Crippen LogP contribution in [0.4, 0.5) is 0 Å². The lowest BCUT2D eigenvalue weighted by Gasteiger charge is -2.27. The second-order valence-electron chi connectivity index (χ2n) is 4.61. The van der Waals surface area contributed by atoms with Crippen molar-refractivity contribution in [2.75, 3.05) is 26.2 Å². The van der Waals surface area contributed by atoms with Gasteiger partial charge in [0.2, 0.25) is 11.8 Å². The molecule has 0 aromatic heterocycles. The van der Waals surface area contributed by atoms with Gasteiger partial charge >= 0.3 is 0 Å². The van der Waals surface area contributed by atoms with Crippen molar-refractivity contribution < 1.29 is 14.3 Å². The van der Waals surface area contributed by atoms with Crippen LogP contribution in [0.25, 0.3) is 0 Å². The highest BCUT2D eigenvalue weighted by molar-refractivity contribution is 5.97. The quantitative estimate of drug-likeness (QED) is 0.718. The molecule has 2 saturated heterocycles. The molecular formula is C12H20N2O3. The molecule has 5 nitrogen and oxygen atoms in total. The largest absolute Gasteiger partial charge is 0.376 e. The van der Waals surface area contributed by atoms with Gasteiger partial charge in [0.05, 0.1) is 19.3 Å². The van der Waals surface area contributed by atoms with E-state index in [9.17, 15) is 9.59 Å². The fourth-order valence-corrected chi connectivity index (χ4v) is 2.32. The van der Waals surface area contributed by atoms with Crippen LogP contribution in [-0.4, -0.2) is 49.1 Å². The van der Waals surface area contributed by atoms with Crippen molar-refractivity contribution in [3.05, 3.63) is 0 Å². The number of likely N-dealkylation sites (tertiary alicyclic amines) is 1. The number of hydrogen-bond acceptors (Lipinski definition) is 4. The van der Waals surface area contributed by atoms with Crippen LogP contribution >= 0.6 is 0 Å². The number of nitrogens with one attached hydrogen (secondary N) is 1. The SMILES string of the molecule is O=C1CCCC(=O)N1CCOC1CCNCC1. The molecule has 2 fully saturated rings. The minimum Gasteiger partial charge on any atom is -0.376 e. The number of amides is 2. The molecule has 0 aromatic rings. The summed E-state index contributed by atoms with van der Waals surface area (Å²) in [6, 6.07) is 0. The number of hydrogen-bond donors (Lipinski definition) is 1. The van der Waals surface area contributed by atoms with Gasteiger partial charge in [-0.05, 0) is 32.4 Å². The maximum absolute atomic E-state index is 11.5. The molecule has 0 aliphatic carbocycles. The van der Waals surface area contributed by atoms with Gasteiger partial charge in [-0.3, -0.25) is 14.5 Å². The van der Waals surface area contributed by atoms with E-state index < -0.39 is 0 Å². The van der Waals surface area contributed by atoms with Gasteiger partial charge in [0.1, 0.15) is 0 Å². The van der Waals surface area contributed by atoms with Crippen molar-refractivity contribution in [3.63, 3.8) is 0 Å². The molecular weight excluding hydrogens is 220 g/mol. The summed E-state index contributed by atoms with van der Waals surface area (Å²) < 4.78 is 5.70. The van der Waals surface area contributed by atoms with Crippen LogP contribution in [-0.2, 0) is 14.3 Å². The number of nitrogens with zero attached hydrogens (tertiary/aromatic N) is 1. The minimum absolute atomic E-state index is 0.0461. The first-order valence-electron chi connectivity index (χ1n) is 6.43. The van der Waals surface area contributed by atoms with Crippen LogP contribution in [0.15, 0.2) is 0 Å². The molecule has 0 saturated carbocycles. The number of ether oxygens (including phenoxy) is 1. The van der Waals surface area contributed by atoms with Crippen LogP contribution in [0.5, 0.6) is 0 Å². The monoisotopic (exact) mass is 240 g/mol. The molecule has 5 heteroatoms. The lowest BCUT2D eigenvalue weighted by molar-refractivity contribution is -0.149. The van der Waals surface area contributed by atoms with Crippen molar-refractivity contribution in [1.29, 1.82) is 0 Å². The summed E-state index contributed by atoms with van der Waals surface area (Å²) >= 11 is 0. The fraction of sp³-hybridized carbons (Fsp3) is 0.833. The second kappa shape index (κ2) is 6.12. The second-order valence-corrected chi connectivity index (χ2v) is 4.61. The molecule has 0 spiro atoms. The average Bonchev–Trinajstić information content (AvgIpc) is 2.34. The van der Waals surface area contributed by atoms with E-state index >= 15 is 0 Å². The Morgan fingerprint density at radius 3 is 2.47 bits per heavy atom. The average molecular weight is 240 g/mol. The van der Waals surface area contributed by atoms with E-state index in [1.165, 1.54) is 4.90 Å². The normalized spacial score (nSPS) is 23.2. The highest BCUT2D eigenvalue weighted by atomic mass is 16.5. The van der Waals surface area contributed by atoms with Crippen molar-refractivity contribution >= 4 is 11.8 Å². The molecule has 2 aliphatic heterocycles. The van der Waals surface area contributed by atoms with E-state index in [0.29, 0.717) is 32.4 Å². The van der Waals surface area contributed by atoms with Gasteiger partial charge < -0.3 is 10.1 Å². The topological polar surface area (TPSA) is 58.6 Å². The van der Waals surface area contributed by atoms with Gasteiger partial charge in [-0.25, -0.2) is 0 Å². The smallest absolute Gasteiger partial charge is 0.229 e. The third-order valence-electron chi connectivity index (χ3n) is 3.34. The third kappa shape index (κ3) is 3.51. The predicted molar refractivity (Wildman–Crippen MR) is 62.4 cm³/mol. The lowest BCUT2D eigenvalue weighted by atomic mass is 10.1. The Hall–Kier alpha value is -0.940. The first-order valence-corrected chi connectivity index (χ1v) is 6.43. The summed E-state index contributed by atoms with van der Waals surface area (Å²) in [5, 5.41) is 3.27. The summed E-state index contributed by atoms with van der Waals surface area (Å²) in [7, 11) is 0. The van der Waals surface area contributed by atoms with E-state index in [1.54, 1.807) is 0 Å². The van der Waals surface area contributed by atoms with Gasteiger partial charge in [-0.1, -0.05) is 0 Å². The Balaban J connectivity index is 1.69. The van der Waals surface area contributed by atoms with Gasteiger partial charge in [0, 0.05) is 12.8 Å². The zero-order valence-corrected chi connectivity index (χ0v) is 10.1. The van der Waals surface area contributed by atoms with Crippen LogP contribution in [0, 0.1) is 0 Å². The molecule has 2 aliphatic rings. The molecule has 2 amide bonds. The van der Waals surface area contributed by atoms with E-state index in [4.69, 9.17) is 4.74 Å². The zero-order chi connectivity index (χ0) is 12.1. The van der Waals surface area contributed by atoms with Gasteiger partial charge in [-0.15, -0.1) is 0 Å². The Morgan fingerprint density at radius 1 is 1.18 bits per heavy atom. The first kappa shape index (κ1) is 12.5. The number of rotatable bonds is 4. The van der Waals surface area contributed by atoms with Crippen molar-refractivity contribution in [3.8, 4) is 0 Å². The fourth-order valence-electron chi connectivity index (χ4n) is 2.32. The van der Waals surface area contributed by atoms with Crippen LogP contribution in [0.3, 0.4) is 0 Å². The molecule has 0 bridgehead atoms. The zero-order valence-electron chi connectivity index (χ0n) is 10.1. The maximum Gasteiger partial charge on any atom is 0.229 e. The first-order chi connectivity index (χ1) is 8.27. The molecule has 2 heterocycles. The Bertz CT molecular complexity index is 271. The summed E-state index contributed by atoms with van der Waals surface area (Å²) in [4.78, 5) is 24.4. The Morgan fingerprint density at radius 2 is 1.82 bits per heavy atom. The van der Waals surface area contributed by atoms with Crippen molar-refractivity contribution in [2.24, 2.45) is 0 Å². The van der Waals surface area contributed by atoms with Crippen molar-refractivity contribution in [2.45, 2.75) is 38.2 Å². The molecule has 0 aromatic carbocycles. The van der Waals surface area contributed by atoms with Crippen molar-refractivity contribution in [1.82, 2.24) is 10.2 Å². The third-order valence-corrected chi connectivity index (χ3v) is 3.34. The highest BCUT2D eigenvalue weighted by Gasteiger charge is 2.25. The summed E-state index contributed by atoms with van der Waals surface area (Å²) in [6.45, 7) is 2.88. The number of carbonyl (C=O) groups is 2. The lowest BCUT2D eigenvalue weighted by Crippen LogP contribution is -2.42. The number of piperidine rings is 2. The number of imide groups is 1. The van der Waals surface area contributed by atoms with Gasteiger partial charge in [0.15, 0.2) is 0 Å². The van der Waals surface area contributed by atoms with Gasteiger partial charge in [0.25, 0.3) is 0 Å². The molecule has 96 valence electrons. The predicted octanol–water partition coefficient (Wildman–Crippen LogP) is 0.294. The molecule has 0 unspecified atom stereocenters.